The van der Waals surface area contributed by atoms with E-state index in [0.717, 1.165) is 4.31 Å². The third-order valence-corrected chi connectivity index (χ3v) is 10.7. The van der Waals surface area contributed by atoms with Gasteiger partial charge < -0.3 is 55.2 Å². The lowest BCUT2D eigenvalue weighted by Crippen LogP contribution is -2.62. The van der Waals surface area contributed by atoms with Gasteiger partial charge in [-0.1, -0.05) is 44.2 Å². The number of carboxylic acids is 1. The van der Waals surface area contributed by atoms with Crippen molar-refractivity contribution in [2.45, 2.75) is 86.8 Å². The summed E-state index contributed by atoms with van der Waals surface area (Å²) >= 11 is 0. The fourth-order valence-corrected chi connectivity index (χ4v) is 7.90. The van der Waals surface area contributed by atoms with Crippen LogP contribution in [0.15, 0.2) is 59.5 Å². The maximum Gasteiger partial charge on any atom is 0.407 e. The highest BCUT2D eigenvalue weighted by Gasteiger charge is 2.49. The topological polar surface area (TPSA) is 237 Å². The second-order valence-electron chi connectivity index (χ2n) is 13.1. The highest BCUT2D eigenvalue weighted by Crippen LogP contribution is 2.33. The number of aliphatic carboxylic acids is 1. The molecule has 3 fully saturated rings. The van der Waals surface area contributed by atoms with Crippen molar-refractivity contribution in [1.82, 2.24) is 9.62 Å². The number of nitrogens with two attached hydrogens (primary N) is 1. The van der Waals surface area contributed by atoms with Crippen LogP contribution in [0.3, 0.4) is 0 Å². The van der Waals surface area contributed by atoms with Gasteiger partial charge in [0, 0.05) is 18.8 Å². The van der Waals surface area contributed by atoms with Crippen molar-refractivity contribution < 1.29 is 62.1 Å². The number of aliphatic hydroxyl groups is 3. The molecule has 5 rings (SSSR count). The Morgan fingerprint density at radius 1 is 1.00 bits per heavy atom. The monoisotopic (exact) mass is 723 g/mol. The molecule has 50 heavy (non-hydrogen) atoms. The minimum Gasteiger partial charge on any atom is -0.479 e. The molecule has 276 valence electrons. The molecule has 3 unspecified atom stereocenters. The van der Waals surface area contributed by atoms with Crippen molar-refractivity contribution in [3.8, 4) is 0 Å². The van der Waals surface area contributed by atoms with Gasteiger partial charge in [-0.05, 0) is 48.6 Å². The Kier molecular flexibility index (Phi) is 12.3. The Bertz CT molecular complexity index is 1550. The van der Waals surface area contributed by atoms with Crippen molar-refractivity contribution in [2.75, 3.05) is 32.0 Å². The number of carbonyl (C=O) groups excluding carboxylic acids is 1. The summed E-state index contributed by atoms with van der Waals surface area (Å²) in [7, 11) is -4.23. The lowest BCUT2D eigenvalue weighted by molar-refractivity contribution is -0.306. The van der Waals surface area contributed by atoms with E-state index >= 15 is 0 Å². The molecule has 2 aromatic rings. The number of alkyl carbamates (subject to hydrolysis) is 1. The molecule has 2 aromatic carbocycles. The largest absolute Gasteiger partial charge is 0.479 e. The number of benzene rings is 2. The number of hydrogen-bond acceptors (Lipinski definition) is 13. The van der Waals surface area contributed by atoms with Crippen LogP contribution >= 0.6 is 0 Å². The van der Waals surface area contributed by atoms with Gasteiger partial charge in [-0.15, -0.1) is 0 Å². The number of sulfonamides is 1. The van der Waals surface area contributed by atoms with Crippen LogP contribution in [0.25, 0.3) is 0 Å². The Balaban J connectivity index is 1.51. The predicted octanol–water partition coefficient (Wildman–Crippen LogP) is 0.292. The molecule has 3 saturated heterocycles. The molecule has 1 amide bonds. The Morgan fingerprint density at radius 2 is 1.70 bits per heavy atom. The van der Waals surface area contributed by atoms with Gasteiger partial charge in [-0.3, -0.25) is 0 Å². The number of nitrogen functional groups attached to an aromatic ring is 1. The molecule has 3 aliphatic rings. The summed E-state index contributed by atoms with van der Waals surface area (Å²) in [5, 5.41) is 44.2. The predicted molar refractivity (Wildman–Crippen MR) is 175 cm³/mol. The zero-order chi connectivity index (χ0) is 36.2. The quantitative estimate of drug-likeness (QED) is 0.144. The zero-order valence-electron chi connectivity index (χ0n) is 27.7. The van der Waals surface area contributed by atoms with E-state index in [-0.39, 0.29) is 36.3 Å². The van der Waals surface area contributed by atoms with Crippen LogP contribution < -0.4 is 11.1 Å². The fourth-order valence-electron chi connectivity index (χ4n) is 6.28. The third-order valence-electron chi connectivity index (χ3n) is 8.89. The molecule has 3 aliphatic heterocycles. The van der Waals surface area contributed by atoms with Gasteiger partial charge in [0.15, 0.2) is 18.7 Å². The first-order valence-corrected chi connectivity index (χ1v) is 17.9. The van der Waals surface area contributed by atoms with E-state index in [1.54, 1.807) is 30.3 Å². The average molecular weight is 724 g/mol. The molecule has 0 radical (unpaired) electrons. The second kappa shape index (κ2) is 16.3. The van der Waals surface area contributed by atoms with E-state index in [9.17, 15) is 38.4 Å². The highest BCUT2D eigenvalue weighted by molar-refractivity contribution is 7.89. The van der Waals surface area contributed by atoms with Crippen LogP contribution in [0.1, 0.15) is 25.8 Å². The van der Waals surface area contributed by atoms with Gasteiger partial charge in [-0.25, -0.2) is 18.0 Å². The molecule has 0 aliphatic carbocycles. The number of fused-ring (bicyclic) bond motifs is 1. The first kappa shape index (κ1) is 37.9. The maximum atomic E-state index is 14.1. The van der Waals surface area contributed by atoms with Crippen LogP contribution in [0, 0.1) is 11.8 Å². The maximum absolute atomic E-state index is 14.1. The van der Waals surface area contributed by atoms with Crippen molar-refractivity contribution >= 4 is 27.8 Å². The number of carbonyl (C=O) groups is 2. The Hall–Kier alpha value is -3.39. The SMILES string of the molecule is CC(C)CN(C[C@@H](O[C@@H]1OC(C(=O)O)[C@@H](O)C(O)C1O)[C@H](Cc1ccccc1)NC(=O)O[C@H]1CO[C@H]2OCC[C@H]21)S(=O)(=O)c1ccc(N)cc1. The van der Waals surface area contributed by atoms with E-state index in [1.807, 2.05) is 13.8 Å². The van der Waals surface area contributed by atoms with Gasteiger partial charge >= 0.3 is 12.1 Å². The van der Waals surface area contributed by atoms with Crippen LogP contribution in [0.4, 0.5) is 10.5 Å². The van der Waals surface area contributed by atoms with Crippen LogP contribution in [0.5, 0.6) is 0 Å². The summed E-state index contributed by atoms with van der Waals surface area (Å²) in [5.41, 5.74) is 6.87. The smallest absolute Gasteiger partial charge is 0.407 e. The van der Waals surface area contributed by atoms with Gasteiger partial charge in [0.2, 0.25) is 10.0 Å². The number of carboxylic acid groups (broad SMARTS) is 1. The molecule has 0 saturated carbocycles. The molecule has 0 aromatic heterocycles. The summed E-state index contributed by atoms with van der Waals surface area (Å²) in [6.45, 7) is 3.75. The van der Waals surface area contributed by atoms with Crippen LogP contribution in [-0.2, 0) is 44.9 Å². The van der Waals surface area contributed by atoms with Gasteiger partial charge in [0.05, 0.1) is 36.2 Å². The number of rotatable bonds is 14. The third kappa shape index (κ3) is 8.90. The molecule has 16 nitrogen and oxygen atoms in total. The molecule has 0 bridgehead atoms. The number of ether oxygens (including phenoxy) is 5. The van der Waals surface area contributed by atoms with Crippen molar-refractivity contribution in [3.05, 3.63) is 60.2 Å². The lowest BCUT2D eigenvalue weighted by Gasteiger charge is -2.42. The summed E-state index contributed by atoms with van der Waals surface area (Å²) in [4.78, 5) is 25.4. The zero-order valence-corrected chi connectivity index (χ0v) is 28.5. The van der Waals surface area contributed by atoms with E-state index in [4.69, 9.17) is 29.4 Å². The first-order valence-electron chi connectivity index (χ1n) is 16.4. The fraction of sp³-hybridized carbons (Fsp3) is 0.576. The molecule has 7 N–H and O–H groups in total. The summed E-state index contributed by atoms with van der Waals surface area (Å²) < 4.78 is 57.9. The van der Waals surface area contributed by atoms with Gasteiger partial charge in [0.1, 0.15) is 24.4 Å². The number of nitrogens with one attached hydrogen (secondary N) is 1. The van der Waals surface area contributed by atoms with E-state index < -0.39 is 83.9 Å². The number of hydrogen-bond donors (Lipinski definition) is 6. The van der Waals surface area contributed by atoms with E-state index in [2.05, 4.69) is 5.32 Å². The normalized spacial score (nSPS) is 29.4. The molecule has 0 spiro atoms. The number of amides is 1. The van der Waals surface area contributed by atoms with Crippen molar-refractivity contribution in [1.29, 1.82) is 0 Å². The second-order valence-corrected chi connectivity index (χ2v) is 15.0. The van der Waals surface area contributed by atoms with E-state index in [0.29, 0.717) is 24.3 Å². The van der Waals surface area contributed by atoms with Gasteiger partial charge in [0.25, 0.3) is 0 Å². The average Bonchev–Trinajstić information content (AvgIpc) is 3.69. The number of nitrogens with zero attached hydrogens (tertiary/aromatic N) is 1. The summed E-state index contributed by atoms with van der Waals surface area (Å²) in [6, 6.07) is 13.4. The minimum absolute atomic E-state index is 0.00920. The number of anilines is 1. The van der Waals surface area contributed by atoms with Crippen molar-refractivity contribution in [2.24, 2.45) is 11.8 Å². The molecular formula is C33H45N3O13S. The summed E-state index contributed by atoms with van der Waals surface area (Å²) in [6.07, 6.45) is -12.4. The highest BCUT2D eigenvalue weighted by atomic mass is 32.2. The van der Waals surface area contributed by atoms with Crippen LogP contribution in [0.2, 0.25) is 0 Å². The molecule has 17 heteroatoms. The number of aliphatic hydroxyl groups excluding tert-OH is 3. The molecular weight excluding hydrogens is 678 g/mol. The molecule has 3 heterocycles. The first-order chi connectivity index (χ1) is 23.7. The van der Waals surface area contributed by atoms with E-state index in [1.165, 1.54) is 24.3 Å². The minimum atomic E-state index is -4.23. The molecule has 10 atom stereocenters. The van der Waals surface area contributed by atoms with Crippen molar-refractivity contribution in [3.63, 3.8) is 0 Å². The Labute approximate surface area is 290 Å². The standard InChI is InChI=1S/C33H45N3O13S/c1-18(2)15-36(50(43,44)21-10-8-20(34)9-11-21)16-24(47-32-28(39)26(37)27(38)29(49-32)30(40)41)23(14-19-6-4-3-5-7-19)35-33(42)48-25-17-46-31-22(25)12-13-45-31/h3-11,18,22-29,31-32,37-39H,12-17,34H2,1-2H3,(H,35,42)(H,40,41)/t22-,23-,24+,25-,26?,27-,28?,29?,31+,32+/m0/s1. The summed E-state index contributed by atoms with van der Waals surface area (Å²) in [5.74, 6) is -1.99. The Morgan fingerprint density at radius 3 is 2.36 bits per heavy atom. The lowest BCUT2D eigenvalue weighted by atomic mass is 9.98. The van der Waals surface area contributed by atoms with Gasteiger partial charge in [-0.2, -0.15) is 4.31 Å². The van der Waals surface area contributed by atoms with Crippen LogP contribution in [-0.4, -0.2) is 127 Å².